The van der Waals surface area contributed by atoms with Crippen molar-refractivity contribution in [2.24, 2.45) is 0 Å². The van der Waals surface area contributed by atoms with Crippen molar-refractivity contribution < 1.29 is 8.42 Å². The number of hydrogen-bond donors (Lipinski definition) is 1. The standard InChI is InChI=1S/C18H26BrN3O2S/c1-5-13(2)16-7-9-17(10-8-16)25(23,24)20-11-6-12-22-15(4)18(19)14(3)21-22/h7-10,13,20H,5-6,11-12H2,1-4H3. The van der Waals surface area contributed by atoms with E-state index in [9.17, 15) is 8.42 Å². The van der Waals surface area contributed by atoms with Gasteiger partial charge in [-0.15, -0.1) is 0 Å². The summed E-state index contributed by atoms with van der Waals surface area (Å²) in [7, 11) is -3.47. The average molecular weight is 428 g/mol. The Hall–Kier alpha value is -1.18. The van der Waals surface area contributed by atoms with Gasteiger partial charge in [0, 0.05) is 18.8 Å². The summed E-state index contributed by atoms with van der Waals surface area (Å²) in [6.07, 6.45) is 1.71. The molecule has 0 spiro atoms. The second-order valence-corrected chi connectivity index (χ2v) is 8.90. The molecule has 0 aliphatic rings. The van der Waals surface area contributed by atoms with E-state index >= 15 is 0 Å². The van der Waals surface area contributed by atoms with Crippen LogP contribution in [-0.2, 0) is 16.6 Å². The van der Waals surface area contributed by atoms with Crippen LogP contribution >= 0.6 is 15.9 Å². The van der Waals surface area contributed by atoms with Gasteiger partial charge in [0.05, 0.1) is 15.1 Å². The van der Waals surface area contributed by atoms with Crippen LogP contribution in [0.25, 0.3) is 0 Å². The van der Waals surface area contributed by atoms with Crippen molar-refractivity contribution in [2.75, 3.05) is 6.54 Å². The van der Waals surface area contributed by atoms with Crippen LogP contribution in [0.1, 0.15) is 49.6 Å². The molecule has 5 nitrogen and oxygen atoms in total. The first-order valence-corrected chi connectivity index (χ1v) is 10.8. The first-order valence-electron chi connectivity index (χ1n) is 8.55. The predicted octanol–water partition coefficient (Wildman–Crippen LogP) is 4.14. The van der Waals surface area contributed by atoms with E-state index in [0.717, 1.165) is 27.8 Å². The van der Waals surface area contributed by atoms with Gasteiger partial charge in [0.15, 0.2) is 0 Å². The van der Waals surface area contributed by atoms with Gasteiger partial charge < -0.3 is 0 Å². The van der Waals surface area contributed by atoms with Gasteiger partial charge in [-0.1, -0.05) is 26.0 Å². The number of benzene rings is 1. The lowest BCUT2D eigenvalue weighted by atomic mass is 9.99. The highest BCUT2D eigenvalue weighted by Gasteiger charge is 2.14. The predicted molar refractivity (Wildman–Crippen MR) is 104 cm³/mol. The number of hydrogen-bond acceptors (Lipinski definition) is 3. The average Bonchev–Trinajstić information content (AvgIpc) is 2.85. The van der Waals surface area contributed by atoms with Crippen molar-refractivity contribution >= 4 is 26.0 Å². The van der Waals surface area contributed by atoms with Gasteiger partial charge in [-0.05, 0) is 66.2 Å². The Morgan fingerprint density at radius 1 is 1.24 bits per heavy atom. The van der Waals surface area contributed by atoms with Crippen molar-refractivity contribution in [1.82, 2.24) is 14.5 Å². The Morgan fingerprint density at radius 2 is 1.88 bits per heavy atom. The Bertz CT molecular complexity index is 814. The first-order chi connectivity index (χ1) is 11.8. The molecule has 138 valence electrons. The molecule has 1 N–H and O–H groups in total. The summed E-state index contributed by atoms with van der Waals surface area (Å²) in [6.45, 7) is 9.25. The van der Waals surface area contributed by atoms with Crippen molar-refractivity contribution in [3.63, 3.8) is 0 Å². The van der Waals surface area contributed by atoms with Crippen LogP contribution in [0, 0.1) is 13.8 Å². The maximum absolute atomic E-state index is 12.4. The molecule has 0 fully saturated rings. The number of halogens is 1. The summed E-state index contributed by atoms with van der Waals surface area (Å²) in [5.74, 6) is 0.435. The van der Waals surface area contributed by atoms with Gasteiger partial charge in [-0.3, -0.25) is 4.68 Å². The van der Waals surface area contributed by atoms with E-state index in [4.69, 9.17) is 0 Å². The van der Waals surface area contributed by atoms with Crippen LogP contribution in [0.3, 0.4) is 0 Å². The molecule has 0 bridgehead atoms. The maximum atomic E-state index is 12.4. The van der Waals surface area contributed by atoms with E-state index in [1.165, 1.54) is 0 Å². The molecule has 0 saturated heterocycles. The van der Waals surface area contributed by atoms with Crippen LogP contribution < -0.4 is 4.72 Å². The SMILES string of the molecule is CCC(C)c1ccc(S(=O)(=O)NCCCn2nc(C)c(Br)c2C)cc1. The summed E-state index contributed by atoms with van der Waals surface area (Å²) < 4.78 is 30.3. The first kappa shape index (κ1) is 20.1. The number of nitrogens with one attached hydrogen (secondary N) is 1. The molecule has 0 amide bonds. The van der Waals surface area contributed by atoms with Crippen LogP contribution in [-0.4, -0.2) is 24.7 Å². The summed E-state index contributed by atoms with van der Waals surface area (Å²) in [5.41, 5.74) is 3.16. The Balaban J connectivity index is 1.92. The molecule has 2 aromatic rings. The van der Waals surface area contributed by atoms with Crippen LogP contribution in [0.15, 0.2) is 33.6 Å². The number of aromatic nitrogens is 2. The third kappa shape index (κ3) is 4.92. The van der Waals surface area contributed by atoms with Gasteiger partial charge in [0.25, 0.3) is 0 Å². The zero-order valence-electron chi connectivity index (χ0n) is 15.2. The molecule has 0 saturated carbocycles. The molecular weight excluding hydrogens is 402 g/mol. The topological polar surface area (TPSA) is 64.0 Å². The minimum atomic E-state index is -3.47. The molecule has 2 rings (SSSR count). The smallest absolute Gasteiger partial charge is 0.240 e. The second kappa shape index (κ2) is 8.47. The van der Waals surface area contributed by atoms with Gasteiger partial charge >= 0.3 is 0 Å². The van der Waals surface area contributed by atoms with E-state index in [1.54, 1.807) is 12.1 Å². The van der Waals surface area contributed by atoms with Gasteiger partial charge in [0.1, 0.15) is 0 Å². The molecule has 0 radical (unpaired) electrons. The third-order valence-corrected chi connectivity index (χ3v) is 7.13. The van der Waals surface area contributed by atoms with Crippen molar-refractivity contribution in [3.05, 3.63) is 45.7 Å². The zero-order valence-corrected chi connectivity index (χ0v) is 17.6. The van der Waals surface area contributed by atoms with Crippen molar-refractivity contribution in [2.45, 2.75) is 57.9 Å². The highest BCUT2D eigenvalue weighted by atomic mass is 79.9. The van der Waals surface area contributed by atoms with Crippen LogP contribution in [0.2, 0.25) is 0 Å². The normalized spacial score (nSPS) is 13.2. The lowest BCUT2D eigenvalue weighted by Gasteiger charge is -2.11. The zero-order chi connectivity index (χ0) is 18.6. The van der Waals surface area contributed by atoms with Crippen LogP contribution in [0.4, 0.5) is 0 Å². The number of rotatable bonds is 8. The van der Waals surface area contributed by atoms with Crippen molar-refractivity contribution in [1.29, 1.82) is 0 Å². The van der Waals surface area contributed by atoms with E-state index in [1.807, 2.05) is 30.7 Å². The van der Waals surface area contributed by atoms with E-state index in [-0.39, 0.29) is 0 Å². The molecular formula is C18H26BrN3O2S. The summed E-state index contributed by atoms with van der Waals surface area (Å²) in [6, 6.07) is 7.16. The molecule has 25 heavy (non-hydrogen) atoms. The molecule has 1 aromatic carbocycles. The lowest BCUT2D eigenvalue weighted by Crippen LogP contribution is -2.25. The van der Waals surface area contributed by atoms with Crippen LogP contribution in [0.5, 0.6) is 0 Å². The fourth-order valence-corrected chi connectivity index (χ4v) is 3.98. The maximum Gasteiger partial charge on any atom is 0.240 e. The number of nitrogens with zero attached hydrogens (tertiary/aromatic N) is 2. The van der Waals surface area contributed by atoms with Gasteiger partial charge in [-0.25, -0.2) is 13.1 Å². The molecule has 1 unspecified atom stereocenters. The largest absolute Gasteiger partial charge is 0.268 e. The minimum Gasteiger partial charge on any atom is -0.268 e. The number of sulfonamides is 1. The third-order valence-electron chi connectivity index (χ3n) is 4.50. The Labute approximate surface area is 159 Å². The molecule has 1 atom stereocenters. The Morgan fingerprint density at radius 3 is 2.40 bits per heavy atom. The quantitative estimate of drug-likeness (QED) is 0.643. The highest BCUT2D eigenvalue weighted by Crippen LogP contribution is 2.21. The number of aryl methyl sites for hydroxylation is 2. The lowest BCUT2D eigenvalue weighted by molar-refractivity contribution is 0.544. The fraction of sp³-hybridized carbons (Fsp3) is 0.500. The van der Waals surface area contributed by atoms with Gasteiger partial charge in [-0.2, -0.15) is 5.10 Å². The molecule has 0 aliphatic heterocycles. The van der Waals surface area contributed by atoms with E-state index in [0.29, 0.717) is 30.3 Å². The molecule has 7 heteroatoms. The minimum absolute atomic E-state index is 0.313. The molecule has 1 aromatic heterocycles. The van der Waals surface area contributed by atoms with Gasteiger partial charge in [0.2, 0.25) is 10.0 Å². The summed E-state index contributed by atoms with van der Waals surface area (Å²) in [4.78, 5) is 0.313. The summed E-state index contributed by atoms with van der Waals surface area (Å²) >= 11 is 3.50. The highest BCUT2D eigenvalue weighted by molar-refractivity contribution is 9.10. The second-order valence-electron chi connectivity index (χ2n) is 6.34. The van der Waals surface area contributed by atoms with E-state index in [2.05, 4.69) is 39.6 Å². The van der Waals surface area contributed by atoms with E-state index < -0.39 is 10.0 Å². The van der Waals surface area contributed by atoms with Crippen molar-refractivity contribution in [3.8, 4) is 0 Å². The molecule has 0 aliphatic carbocycles. The summed E-state index contributed by atoms with van der Waals surface area (Å²) in [5, 5.41) is 4.43. The molecule has 1 heterocycles. The Kier molecular flexibility index (Phi) is 6.82. The fourth-order valence-electron chi connectivity index (χ4n) is 2.62. The monoisotopic (exact) mass is 427 g/mol.